The number of rotatable bonds is 5. The van der Waals surface area contributed by atoms with Crippen LogP contribution in [-0.4, -0.2) is 25.6 Å². The predicted molar refractivity (Wildman–Crippen MR) is 73.7 cm³/mol. The van der Waals surface area contributed by atoms with E-state index in [1.807, 2.05) is 39.1 Å². The number of nitriles is 1. The zero-order valence-electron chi connectivity index (χ0n) is 11.3. The predicted octanol–water partition coefficient (Wildman–Crippen LogP) is 3.33. The summed E-state index contributed by atoms with van der Waals surface area (Å²) in [7, 11) is 3.63. The Hall–Kier alpha value is -1.24. The number of hydrogen-bond acceptors (Lipinski definition) is 3. The summed E-state index contributed by atoms with van der Waals surface area (Å²) in [5, 5.41) is 9.72. The van der Waals surface area contributed by atoms with Gasteiger partial charge in [0.1, 0.15) is 5.75 Å². The van der Waals surface area contributed by atoms with Gasteiger partial charge in [-0.05, 0) is 39.1 Å². The molecule has 1 rings (SSSR count). The van der Waals surface area contributed by atoms with Crippen LogP contribution in [0.25, 0.3) is 0 Å². The van der Waals surface area contributed by atoms with Crippen molar-refractivity contribution in [3.05, 3.63) is 28.8 Å². The number of halogens is 1. The fraction of sp³-hybridized carbons (Fsp3) is 0.500. The highest BCUT2D eigenvalue weighted by Gasteiger charge is 2.19. The van der Waals surface area contributed by atoms with Crippen LogP contribution in [0.3, 0.4) is 0 Å². The fourth-order valence-corrected chi connectivity index (χ4v) is 2.12. The van der Waals surface area contributed by atoms with Gasteiger partial charge >= 0.3 is 0 Å². The van der Waals surface area contributed by atoms with Crippen LogP contribution >= 0.6 is 11.6 Å². The molecule has 0 bridgehead atoms. The summed E-state index contributed by atoms with van der Waals surface area (Å²) in [6.45, 7) is 5.26. The molecule has 0 aliphatic carbocycles. The van der Waals surface area contributed by atoms with Crippen molar-refractivity contribution >= 4 is 11.6 Å². The largest absolute Gasteiger partial charge is 0.496 e. The van der Waals surface area contributed by atoms with Crippen LogP contribution in [0.15, 0.2) is 18.2 Å². The minimum Gasteiger partial charge on any atom is -0.496 e. The molecule has 0 heterocycles. The van der Waals surface area contributed by atoms with Crippen LogP contribution in [-0.2, 0) is 6.54 Å². The second-order valence-electron chi connectivity index (χ2n) is 5.12. The molecule has 4 heteroatoms. The van der Waals surface area contributed by atoms with Gasteiger partial charge in [0.15, 0.2) is 0 Å². The van der Waals surface area contributed by atoms with Gasteiger partial charge in [-0.15, -0.1) is 0 Å². The van der Waals surface area contributed by atoms with Crippen molar-refractivity contribution in [2.24, 2.45) is 5.41 Å². The standard InChI is InChI=1S/C14H19ClN2O/c1-14(2,9-16)10-17(3)8-11-7-12(15)5-6-13(11)18-4/h5-7H,8,10H2,1-4H3. The second kappa shape index (κ2) is 6.08. The highest BCUT2D eigenvalue weighted by atomic mass is 35.5. The third-order valence-electron chi connectivity index (χ3n) is 2.65. The topological polar surface area (TPSA) is 36.3 Å². The van der Waals surface area contributed by atoms with Gasteiger partial charge in [-0.2, -0.15) is 5.26 Å². The fourth-order valence-electron chi connectivity index (χ4n) is 1.93. The van der Waals surface area contributed by atoms with E-state index >= 15 is 0 Å². The van der Waals surface area contributed by atoms with E-state index in [1.165, 1.54) is 0 Å². The number of ether oxygens (including phenoxy) is 1. The van der Waals surface area contributed by atoms with E-state index in [-0.39, 0.29) is 5.41 Å². The number of hydrogen-bond donors (Lipinski definition) is 0. The smallest absolute Gasteiger partial charge is 0.123 e. The molecule has 0 saturated carbocycles. The maximum atomic E-state index is 9.03. The van der Waals surface area contributed by atoms with Crippen LogP contribution < -0.4 is 4.74 Å². The van der Waals surface area contributed by atoms with Gasteiger partial charge in [0.2, 0.25) is 0 Å². The van der Waals surface area contributed by atoms with Gasteiger partial charge in [0.25, 0.3) is 0 Å². The van der Waals surface area contributed by atoms with Crippen molar-refractivity contribution in [1.82, 2.24) is 4.90 Å². The quantitative estimate of drug-likeness (QED) is 0.820. The third-order valence-corrected chi connectivity index (χ3v) is 2.89. The normalized spacial score (nSPS) is 11.4. The first-order chi connectivity index (χ1) is 8.38. The first-order valence-corrected chi connectivity index (χ1v) is 6.18. The van der Waals surface area contributed by atoms with Crippen LogP contribution in [0.5, 0.6) is 5.75 Å². The van der Waals surface area contributed by atoms with Gasteiger partial charge in [-0.3, -0.25) is 0 Å². The lowest BCUT2D eigenvalue weighted by Crippen LogP contribution is -2.30. The Bertz CT molecular complexity index is 452. The molecule has 0 aliphatic heterocycles. The van der Waals surface area contributed by atoms with Crippen molar-refractivity contribution in [3.8, 4) is 11.8 Å². The second-order valence-corrected chi connectivity index (χ2v) is 5.56. The molecule has 0 spiro atoms. The first kappa shape index (κ1) is 14.8. The Kier molecular flexibility index (Phi) is 5.01. The summed E-state index contributed by atoms with van der Waals surface area (Å²) in [6.07, 6.45) is 0. The lowest BCUT2D eigenvalue weighted by molar-refractivity contribution is 0.245. The molecule has 18 heavy (non-hydrogen) atoms. The third kappa shape index (κ3) is 4.21. The van der Waals surface area contributed by atoms with Crippen LogP contribution in [0.1, 0.15) is 19.4 Å². The Balaban J connectivity index is 2.79. The molecule has 0 N–H and O–H groups in total. The van der Waals surface area contributed by atoms with Gasteiger partial charge < -0.3 is 9.64 Å². The Morgan fingerprint density at radius 2 is 2.11 bits per heavy atom. The molecule has 0 unspecified atom stereocenters. The Labute approximate surface area is 114 Å². The SMILES string of the molecule is COc1ccc(Cl)cc1CN(C)CC(C)(C)C#N. The van der Waals surface area contributed by atoms with Gasteiger partial charge in [-0.1, -0.05) is 11.6 Å². The highest BCUT2D eigenvalue weighted by Crippen LogP contribution is 2.25. The average molecular weight is 267 g/mol. The molecule has 3 nitrogen and oxygen atoms in total. The van der Waals surface area contributed by atoms with E-state index < -0.39 is 0 Å². The van der Waals surface area contributed by atoms with Gasteiger partial charge in [-0.25, -0.2) is 0 Å². The Morgan fingerprint density at radius 3 is 2.67 bits per heavy atom. The molecular formula is C14H19ClN2O. The van der Waals surface area contributed by atoms with E-state index in [2.05, 4.69) is 11.0 Å². The first-order valence-electron chi connectivity index (χ1n) is 5.80. The molecule has 0 aliphatic rings. The van der Waals surface area contributed by atoms with Crippen molar-refractivity contribution in [1.29, 1.82) is 5.26 Å². The lowest BCUT2D eigenvalue weighted by Gasteiger charge is -2.25. The number of nitrogens with zero attached hydrogens (tertiary/aromatic N) is 2. The Morgan fingerprint density at radius 1 is 1.44 bits per heavy atom. The molecule has 98 valence electrons. The summed E-state index contributed by atoms with van der Waals surface area (Å²) in [5.74, 6) is 0.820. The molecule has 1 aromatic carbocycles. The van der Waals surface area contributed by atoms with E-state index in [0.717, 1.165) is 11.3 Å². The minimum atomic E-state index is -0.361. The summed E-state index contributed by atoms with van der Waals surface area (Å²) in [4.78, 5) is 2.09. The van der Waals surface area contributed by atoms with Crippen LogP contribution in [0.4, 0.5) is 0 Å². The average Bonchev–Trinajstić information content (AvgIpc) is 2.28. The maximum absolute atomic E-state index is 9.03. The molecule has 0 saturated heterocycles. The molecular weight excluding hydrogens is 248 g/mol. The zero-order valence-corrected chi connectivity index (χ0v) is 12.1. The lowest BCUT2D eigenvalue weighted by atomic mass is 9.95. The van der Waals surface area contributed by atoms with Gasteiger partial charge in [0, 0.05) is 23.7 Å². The number of methoxy groups -OCH3 is 1. The van der Waals surface area contributed by atoms with Crippen LogP contribution in [0, 0.1) is 16.7 Å². The van der Waals surface area contributed by atoms with E-state index in [9.17, 15) is 0 Å². The molecule has 0 amide bonds. The molecule has 1 aromatic rings. The number of benzene rings is 1. The summed E-state index contributed by atoms with van der Waals surface area (Å²) in [5.41, 5.74) is 0.668. The van der Waals surface area contributed by atoms with Gasteiger partial charge in [0.05, 0.1) is 18.6 Å². The molecule has 0 radical (unpaired) electrons. The minimum absolute atomic E-state index is 0.361. The van der Waals surface area contributed by atoms with E-state index in [4.69, 9.17) is 21.6 Å². The molecule has 0 atom stereocenters. The summed E-state index contributed by atoms with van der Waals surface area (Å²) >= 11 is 5.99. The summed E-state index contributed by atoms with van der Waals surface area (Å²) in [6, 6.07) is 7.87. The van der Waals surface area contributed by atoms with Crippen molar-refractivity contribution in [3.63, 3.8) is 0 Å². The van der Waals surface area contributed by atoms with Crippen LogP contribution in [0.2, 0.25) is 5.02 Å². The maximum Gasteiger partial charge on any atom is 0.123 e. The monoisotopic (exact) mass is 266 g/mol. The molecule has 0 fully saturated rings. The van der Waals surface area contributed by atoms with Crippen molar-refractivity contribution < 1.29 is 4.74 Å². The zero-order chi connectivity index (χ0) is 13.8. The molecule has 0 aromatic heterocycles. The highest BCUT2D eigenvalue weighted by molar-refractivity contribution is 6.30. The van der Waals surface area contributed by atoms with Crippen molar-refractivity contribution in [2.45, 2.75) is 20.4 Å². The summed E-state index contributed by atoms with van der Waals surface area (Å²) < 4.78 is 5.31. The van der Waals surface area contributed by atoms with E-state index in [1.54, 1.807) is 7.11 Å². The van der Waals surface area contributed by atoms with Crippen molar-refractivity contribution in [2.75, 3.05) is 20.7 Å². The van der Waals surface area contributed by atoms with E-state index in [0.29, 0.717) is 18.1 Å².